The van der Waals surface area contributed by atoms with Gasteiger partial charge in [0.05, 0.1) is 22.1 Å². The molecule has 1 unspecified atom stereocenters. The van der Waals surface area contributed by atoms with Gasteiger partial charge in [0, 0.05) is 18.8 Å². The van der Waals surface area contributed by atoms with Crippen molar-refractivity contribution in [2.24, 2.45) is 0 Å². The Labute approximate surface area is 169 Å². The molecule has 0 bridgehead atoms. The quantitative estimate of drug-likeness (QED) is 0.266. The second-order valence-electron chi connectivity index (χ2n) is 5.87. The molecular weight excluding hydrogens is 438 g/mol. The van der Waals surface area contributed by atoms with Gasteiger partial charge in [-0.25, -0.2) is 4.57 Å². The van der Waals surface area contributed by atoms with E-state index < -0.39 is 29.9 Å². The largest absolute Gasteiger partial charge is 0.455 e. The van der Waals surface area contributed by atoms with E-state index in [1.165, 1.54) is 6.92 Å². The lowest BCUT2D eigenvalue weighted by Gasteiger charge is -2.17. The zero-order valence-corrected chi connectivity index (χ0v) is 17.1. The molecule has 0 aromatic heterocycles. The van der Waals surface area contributed by atoms with Gasteiger partial charge in [-0.2, -0.15) is 13.2 Å². The minimum absolute atomic E-state index is 0.0174. The number of nitrogens with zero attached hydrogens (tertiary/aromatic N) is 1. The number of hydrogen-bond donors (Lipinski definition) is 0. The van der Waals surface area contributed by atoms with Crippen molar-refractivity contribution in [1.29, 1.82) is 0 Å². The van der Waals surface area contributed by atoms with Crippen LogP contribution in [0.25, 0.3) is 0 Å². The maximum absolute atomic E-state index is 12.8. The summed E-state index contributed by atoms with van der Waals surface area (Å²) in [5.74, 6) is -0.464. The van der Waals surface area contributed by atoms with Crippen molar-refractivity contribution in [3.05, 3.63) is 56.6 Å². The molecule has 158 valence electrons. The third kappa shape index (κ3) is 5.85. The van der Waals surface area contributed by atoms with Crippen molar-refractivity contribution in [1.82, 2.24) is 0 Å². The molecule has 0 N–H and O–H groups in total. The van der Waals surface area contributed by atoms with Gasteiger partial charge in [-0.3, -0.25) is 10.1 Å². The van der Waals surface area contributed by atoms with E-state index in [1.54, 1.807) is 6.92 Å². The number of nitro benzene ring substituents is 1. The molecule has 29 heavy (non-hydrogen) atoms. The summed E-state index contributed by atoms with van der Waals surface area (Å²) in [4.78, 5) is 10.6. The Morgan fingerprint density at radius 2 is 1.83 bits per heavy atom. The Balaban J connectivity index is 2.45. The van der Waals surface area contributed by atoms with Crippen LogP contribution in [0.2, 0.25) is 5.02 Å². The smallest absolute Gasteiger partial charge is 0.416 e. The summed E-state index contributed by atoms with van der Waals surface area (Å²) in [6.45, 7) is 4.26. The fraction of sp³-hybridized carbons (Fsp3) is 0.294. The predicted molar refractivity (Wildman–Crippen MR) is 100 cm³/mol. The molecule has 2 rings (SSSR count). The van der Waals surface area contributed by atoms with Crippen LogP contribution >= 0.6 is 19.2 Å². The normalized spacial score (nSPS) is 13.6. The zero-order valence-electron chi connectivity index (χ0n) is 15.4. The van der Waals surface area contributed by atoms with Crippen LogP contribution < -0.4 is 9.26 Å². The second kappa shape index (κ2) is 8.61. The van der Waals surface area contributed by atoms with Gasteiger partial charge in [-0.1, -0.05) is 11.6 Å². The van der Waals surface area contributed by atoms with Gasteiger partial charge >= 0.3 is 19.5 Å². The lowest BCUT2D eigenvalue weighted by atomic mass is 10.1. The monoisotopic (exact) mass is 453 g/mol. The molecule has 0 aliphatic carbocycles. The third-order valence-corrected chi connectivity index (χ3v) is 5.11. The first-order valence-corrected chi connectivity index (χ1v) is 10.5. The molecule has 0 radical (unpaired) electrons. The first kappa shape index (κ1) is 23.0. The van der Waals surface area contributed by atoms with Crippen LogP contribution in [-0.2, 0) is 15.3 Å². The highest BCUT2D eigenvalue weighted by atomic mass is 35.5. The van der Waals surface area contributed by atoms with Gasteiger partial charge in [0.15, 0.2) is 0 Å². The number of rotatable bonds is 7. The molecule has 0 fully saturated rings. The van der Waals surface area contributed by atoms with Crippen LogP contribution in [0.15, 0.2) is 30.3 Å². The van der Waals surface area contributed by atoms with E-state index in [0.717, 1.165) is 30.9 Å². The molecule has 0 aliphatic rings. The molecule has 0 aliphatic heterocycles. The summed E-state index contributed by atoms with van der Waals surface area (Å²) in [5.41, 5.74) is -1.15. The molecule has 2 aromatic carbocycles. The van der Waals surface area contributed by atoms with Crippen molar-refractivity contribution >= 4 is 24.9 Å². The van der Waals surface area contributed by atoms with Gasteiger partial charge in [0.1, 0.15) is 11.5 Å². The van der Waals surface area contributed by atoms with Crippen LogP contribution in [0.4, 0.5) is 18.9 Å². The van der Waals surface area contributed by atoms with Crippen molar-refractivity contribution in [2.75, 3.05) is 13.3 Å². The first-order chi connectivity index (χ1) is 13.3. The van der Waals surface area contributed by atoms with E-state index in [0.29, 0.717) is 6.07 Å². The van der Waals surface area contributed by atoms with Crippen molar-refractivity contribution in [3.63, 3.8) is 0 Å². The molecule has 0 saturated carbocycles. The van der Waals surface area contributed by atoms with Crippen molar-refractivity contribution in [3.8, 4) is 17.2 Å². The highest BCUT2D eigenvalue weighted by Gasteiger charge is 2.31. The topological polar surface area (TPSA) is 87.9 Å². The van der Waals surface area contributed by atoms with Gasteiger partial charge in [0.25, 0.3) is 0 Å². The van der Waals surface area contributed by atoms with E-state index in [4.69, 9.17) is 25.4 Å². The number of alkyl halides is 3. The van der Waals surface area contributed by atoms with Gasteiger partial charge < -0.3 is 13.8 Å². The molecule has 2 aromatic rings. The molecule has 0 saturated heterocycles. The van der Waals surface area contributed by atoms with E-state index in [-0.39, 0.29) is 34.4 Å². The highest BCUT2D eigenvalue weighted by molar-refractivity contribution is 7.53. The van der Waals surface area contributed by atoms with Crippen molar-refractivity contribution < 1.29 is 36.4 Å². The molecular formula is C17H16ClF3NO6P. The molecule has 0 spiro atoms. The summed E-state index contributed by atoms with van der Waals surface area (Å²) >= 11 is 5.88. The van der Waals surface area contributed by atoms with E-state index in [1.807, 2.05) is 0 Å². The second-order valence-corrected chi connectivity index (χ2v) is 8.26. The van der Waals surface area contributed by atoms with Gasteiger partial charge in [-0.15, -0.1) is 0 Å². The minimum Gasteiger partial charge on any atom is -0.455 e. The Hall–Kier alpha value is -2.29. The Bertz CT molecular complexity index is 982. The van der Waals surface area contributed by atoms with E-state index in [2.05, 4.69) is 0 Å². The number of benzene rings is 2. The number of halogens is 4. The molecule has 1 atom stereocenters. The number of ether oxygens (including phenoxy) is 1. The highest BCUT2D eigenvalue weighted by Crippen LogP contribution is 2.49. The van der Waals surface area contributed by atoms with Crippen LogP contribution in [0.5, 0.6) is 17.2 Å². The first-order valence-electron chi connectivity index (χ1n) is 8.09. The van der Waals surface area contributed by atoms with E-state index >= 15 is 0 Å². The predicted octanol–water partition coefficient (Wildman–Crippen LogP) is 6.61. The summed E-state index contributed by atoms with van der Waals surface area (Å²) in [6, 6.07) is 4.74. The maximum Gasteiger partial charge on any atom is 0.416 e. The lowest BCUT2D eigenvalue weighted by molar-refractivity contribution is -0.385. The fourth-order valence-electron chi connectivity index (χ4n) is 2.30. The van der Waals surface area contributed by atoms with Crippen LogP contribution in [0, 0.1) is 17.0 Å². The third-order valence-electron chi connectivity index (χ3n) is 3.56. The Kier molecular flexibility index (Phi) is 6.82. The number of nitro groups is 1. The van der Waals surface area contributed by atoms with Crippen LogP contribution in [0.1, 0.15) is 18.1 Å². The van der Waals surface area contributed by atoms with Gasteiger partial charge in [0.2, 0.25) is 5.75 Å². The number of hydrogen-bond acceptors (Lipinski definition) is 6. The zero-order chi connectivity index (χ0) is 22.0. The summed E-state index contributed by atoms with van der Waals surface area (Å²) < 4.78 is 66.2. The molecule has 0 heterocycles. The Morgan fingerprint density at radius 3 is 2.34 bits per heavy atom. The lowest BCUT2D eigenvalue weighted by Crippen LogP contribution is -2.04. The Morgan fingerprint density at radius 1 is 1.17 bits per heavy atom. The summed E-state index contributed by atoms with van der Waals surface area (Å²) in [7, 11) is -3.64. The molecule has 12 heteroatoms. The minimum atomic E-state index is -4.58. The molecule has 0 amide bonds. The fourth-order valence-corrected chi connectivity index (χ4v) is 3.54. The maximum atomic E-state index is 12.8. The van der Waals surface area contributed by atoms with Crippen LogP contribution in [-0.4, -0.2) is 18.2 Å². The summed E-state index contributed by atoms with van der Waals surface area (Å²) in [6.07, 6.45) is -4.58. The SMILES string of the molecule is CCOP(C)(=O)Oc1cc(Oc2ccc(C(F)(F)F)cc2Cl)c(C)cc1[N+](=O)[O-]. The van der Waals surface area contributed by atoms with Crippen LogP contribution in [0.3, 0.4) is 0 Å². The summed E-state index contributed by atoms with van der Waals surface area (Å²) in [5, 5.41) is 11.0. The number of aryl methyl sites for hydroxylation is 1. The average molecular weight is 454 g/mol. The van der Waals surface area contributed by atoms with Gasteiger partial charge in [-0.05, 0) is 37.6 Å². The van der Waals surface area contributed by atoms with E-state index in [9.17, 15) is 27.9 Å². The molecule has 7 nitrogen and oxygen atoms in total. The van der Waals surface area contributed by atoms with Crippen molar-refractivity contribution in [2.45, 2.75) is 20.0 Å². The standard InChI is InChI=1S/C17H16ClF3NO6P/c1-4-26-29(3,25)28-16-9-15(10(2)7-13(16)22(23)24)27-14-6-5-11(8-12(14)18)17(19,20)21/h5-9H,4H2,1-3H3. The average Bonchev–Trinajstić information content (AvgIpc) is 2.57.